The van der Waals surface area contributed by atoms with E-state index in [0.29, 0.717) is 18.8 Å². The second-order valence-electron chi connectivity index (χ2n) is 7.68. The number of fused-ring (bicyclic) bond motifs is 1. The number of aryl methyl sites for hydroxylation is 2. The smallest absolute Gasteiger partial charge is 0.220 e. The summed E-state index contributed by atoms with van der Waals surface area (Å²) in [4.78, 5) is 12.6. The van der Waals surface area contributed by atoms with Gasteiger partial charge in [0.05, 0.1) is 17.8 Å². The summed E-state index contributed by atoms with van der Waals surface area (Å²) in [6.45, 7) is 0. The minimum absolute atomic E-state index is 0.0137. The molecule has 0 saturated heterocycles. The standard InChI is InChI=1S/C21H27N3O2/c25-16-12-15(13-16)21(14-6-2-1-3-7-14)22-20(26)11-10-19-17-8-4-5-9-18(17)23-24-19/h1-3,6-7,15-16,21,25H,4-5,8-13H2,(H,22,26)(H,23,24)/t15?,16?,21-/m1/s1. The number of carbonyl (C=O) groups is 1. The number of aromatic amines is 1. The molecule has 5 nitrogen and oxygen atoms in total. The van der Waals surface area contributed by atoms with Gasteiger partial charge in [-0.05, 0) is 55.6 Å². The van der Waals surface area contributed by atoms with Crippen LogP contribution >= 0.6 is 0 Å². The quantitative estimate of drug-likeness (QED) is 0.747. The Kier molecular flexibility index (Phi) is 5.07. The number of rotatable bonds is 6. The lowest BCUT2D eigenvalue weighted by Crippen LogP contribution is -2.41. The molecule has 1 aromatic carbocycles. The maximum atomic E-state index is 12.6. The monoisotopic (exact) mass is 353 g/mol. The second kappa shape index (κ2) is 7.62. The molecule has 2 aliphatic rings. The summed E-state index contributed by atoms with van der Waals surface area (Å²) in [5.41, 5.74) is 4.78. The van der Waals surface area contributed by atoms with Gasteiger partial charge in [0.1, 0.15) is 0 Å². The number of aliphatic hydroxyl groups is 1. The third-order valence-electron chi connectivity index (χ3n) is 5.83. The number of aromatic nitrogens is 2. The van der Waals surface area contributed by atoms with Gasteiger partial charge in [-0.25, -0.2) is 0 Å². The number of aliphatic hydroxyl groups excluding tert-OH is 1. The molecule has 0 unspecified atom stereocenters. The Morgan fingerprint density at radius 1 is 1.23 bits per heavy atom. The van der Waals surface area contributed by atoms with E-state index < -0.39 is 0 Å². The molecule has 138 valence electrons. The Hall–Kier alpha value is -2.14. The molecule has 1 aromatic heterocycles. The van der Waals surface area contributed by atoms with Crippen molar-refractivity contribution in [2.75, 3.05) is 0 Å². The summed E-state index contributed by atoms with van der Waals surface area (Å²) in [6, 6.07) is 10.1. The zero-order valence-electron chi connectivity index (χ0n) is 15.1. The Morgan fingerprint density at radius 3 is 2.77 bits per heavy atom. The van der Waals surface area contributed by atoms with Crippen LogP contribution in [0.2, 0.25) is 0 Å². The second-order valence-corrected chi connectivity index (χ2v) is 7.68. The van der Waals surface area contributed by atoms with Gasteiger partial charge < -0.3 is 10.4 Å². The van der Waals surface area contributed by atoms with Crippen molar-refractivity contribution in [1.82, 2.24) is 15.5 Å². The van der Waals surface area contributed by atoms with E-state index in [1.807, 2.05) is 18.2 Å². The predicted octanol–water partition coefficient (Wildman–Crippen LogP) is 2.85. The molecule has 0 bridgehead atoms. The molecule has 2 aliphatic carbocycles. The van der Waals surface area contributed by atoms with Crippen LogP contribution in [-0.4, -0.2) is 27.3 Å². The lowest BCUT2D eigenvalue weighted by Gasteiger charge is -2.38. The Balaban J connectivity index is 1.38. The van der Waals surface area contributed by atoms with Gasteiger partial charge in [-0.1, -0.05) is 30.3 Å². The van der Waals surface area contributed by atoms with E-state index in [4.69, 9.17) is 0 Å². The maximum Gasteiger partial charge on any atom is 0.220 e. The van der Waals surface area contributed by atoms with Crippen LogP contribution in [0.25, 0.3) is 0 Å². The number of nitrogens with zero attached hydrogens (tertiary/aromatic N) is 1. The van der Waals surface area contributed by atoms with Gasteiger partial charge in [0.15, 0.2) is 0 Å². The topological polar surface area (TPSA) is 78.0 Å². The Bertz CT molecular complexity index is 750. The van der Waals surface area contributed by atoms with Gasteiger partial charge >= 0.3 is 0 Å². The number of carbonyl (C=O) groups excluding carboxylic acids is 1. The van der Waals surface area contributed by atoms with E-state index in [-0.39, 0.29) is 18.1 Å². The summed E-state index contributed by atoms with van der Waals surface area (Å²) >= 11 is 0. The molecule has 1 atom stereocenters. The Morgan fingerprint density at radius 2 is 2.00 bits per heavy atom. The van der Waals surface area contributed by atoms with Crippen LogP contribution in [-0.2, 0) is 24.1 Å². The molecule has 1 heterocycles. The first-order valence-electron chi connectivity index (χ1n) is 9.78. The van der Waals surface area contributed by atoms with E-state index in [2.05, 4.69) is 27.6 Å². The summed E-state index contributed by atoms with van der Waals surface area (Å²) < 4.78 is 0. The summed E-state index contributed by atoms with van der Waals surface area (Å²) in [5.74, 6) is 0.377. The number of hydrogen-bond acceptors (Lipinski definition) is 3. The molecule has 0 radical (unpaired) electrons. The highest BCUT2D eigenvalue weighted by molar-refractivity contribution is 5.76. The predicted molar refractivity (Wildman–Crippen MR) is 99.6 cm³/mol. The normalized spacial score (nSPS) is 23.0. The first kappa shape index (κ1) is 17.3. The van der Waals surface area contributed by atoms with Gasteiger partial charge in [-0.2, -0.15) is 5.10 Å². The van der Waals surface area contributed by atoms with Crippen LogP contribution in [0.3, 0.4) is 0 Å². The van der Waals surface area contributed by atoms with Crippen LogP contribution in [0.15, 0.2) is 30.3 Å². The summed E-state index contributed by atoms with van der Waals surface area (Å²) in [6.07, 6.45) is 7.03. The molecule has 2 aromatic rings. The first-order chi connectivity index (χ1) is 12.7. The first-order valence-corrected chi connectivity index (χ1v) is 9.78. The maximum absolute atomic E-state index is 12.6. The lowest BCUT2D eigenvalue weighted by molar-refractivity contribution is -0.123. The molecular weight excluding hydrogens is 326 g/mol. The average Bonchev–Trinajstić information content (AvgIpc) is 3.06. The molecule has 0 aliphatic heterocycles. The highest BCUT2D eigenvalue weighted by atomic mass is 16.3. The molecule has 1 amide bonds. The minimum Gasteiger partial charge on any atom is -0.393 e. The zero-order chi connectivity index (χ0) is 17.9. The van der Waals surface area contributed by atoms with E-state index in [1.54, 1.807) is 0 Å². The fourth-order valence-electron chi connectivity index (χ4n) is 4.27. The molecule has 0 spiro atoms. The number of hydrogen-bond donors (Lipinski definition) is 3. The van der Waals surface area contributed by atoms with Gasteiger partial charge in [-0.15, -0.1) is 0 Å². The SMILES string of the molecule is O=C(CCc1n[nH]c2c1CCCC2)N[C@H](c1ccccc1)C1CC(O)C1. The molecule has 1 fully saturated rings. The van der Waals surface area contributed by atoms with Crippen molar-refractivity contribution in [2.45, 2.75) is 63.5 Å². The molecule has 26 heavy (non-hydrogen) atoms. The van der Waals surface area contributed by atoms with E-state index in [9.17, 15) is 9.90 Å². The van der Waals surface area contributed by atoms with Crippen LogP contribution in [0.5, 0.6) is 0 Å². The van der Waals surface area contributed by atoms with Crippen molar-refractivity contribution in [2.24, 2.45) is 5.92 Å². The van der Waals surface area contributed by atoms with Crippen LogP contribution in [0, 0.1) is 5.92 Å². The van der Waals surface area contributed by atoms with Crippen molar-refractivity contribution in [1.29, 1.82) is 0 Å². The molecule has 1 saturated carbocycles. The molecule has 4 rings (SSSR count). The zero-order valence-corrected chi connectivity index (χ0v) is 15.1. The number of H-pyrrole nitrogens is 1. The largest absolute Gasteiger partial charge is 0.393 e. The van der Waals surface area contributed by atoms with Gasteiger partial charge in [-0.3, -0.25) is 9.89 Å². The number of amides is 1. The average molecular weight is 353 g/mol. The van der Waals surface area contributed by atoms with Crippen molar-refractivity contribution < 1.29 is 9.90 Å². The third-order valence-corrected chi connectivity index (χ3v) is 5.83. The van der Waals surface area contributed by atoms with Crippen LogP contribution in [0.1, 0.15) is 60.7 Å². The van der Waals surface area contributed by atoms with Gasteiger partial charge in [0.25, 0.3) is 0 Å². The number of benzene rings is 1. The molecular formula is C21H27N3O2. The van der Waals surface area contributed by atoms with Crippen molar-refractivity contribution in [3.05, 3.63) is 52.8 Å². The fourth-order valence-corrected chi connectivity index (χ4v) is 4.27. The van der Waals surface area contributed by atoms with Crippen molar-refractivity contribution in [3.8, 4) is 0 Å². The highest BCUT2D eigenvalue weighted by Gasteiger charge is 2.35. The highest BCUT2D eigenvalue weighted by Crippen LogP contribution is 2.38. The Labute approximate surface area is 154 Å². The summed E-state index contributed by atoms with van der Waals surface area (Å²) in [5, 5.41) is 20.5. The van der Waals surface area contributed by atoms with Crippen LogP contribution < -0.4 is 5.32 Å². The number of nitrogens with one attached hydrogen (secondary N) is 2. The van der Waals surface area contributed by atoms with E-state index in [0.717, 1.165) is 36.9 Å². The molecule has 3 N–H and O–H groups in total. The van der Waals surface area contributed by atoms with Crippen molar-refractivity contribution in [3.63, 3.8) is 0 Å². The third kappa shape index (κ3) is 3.68. The van der Waals surface area contributed by atoms with Crippen molar-refractivity contribution >= 4 is 5.91 Å². The van der Waals surface area contributed by atoms with E-state index >= 15 is 0 Å². The lowest BCUT2D eigenvalue weighted by atomic mass is 9.75. The van der Waals surface area contributed by atoms with Gasteiger partial charge in [0.2, 0.25) is 5.91 Å². The van der Waals surface area contributed by atoms with E-state index in [1.165, 1.54) is 24.1 Å². The molecule has 5 heteroatoms. The fraction of sp³-hybridized carbons (Fsp3) is 0.524. The van der Waals surface area contributed by atoms with Crippen LogP contribution in [0.4, 0.5) is 0 Å². The van der Waals surface area contributed by atoms with Gasteiger partial charge in [0, 0.05) is 18.5 Å². The summed E-state index contributed by atoms with van der Waals surface area (Å²) in [7, 11) is 0. The minimum atomic E-state index is -0.223.